The zero-order valence-corrected chi connectivity index (χ0v) is 13.8. The lowest BCUT2D eigenvalue weighted by atomic mass is 9.97. The van der Waals surface area contributed by atoms with Gasteiger partial charge in [-0.1, -0.05) is 66.2 Å². The standard InChI is InChI=1S/C20H19NOS/c1-15-7-5-10-17(13-15)20(16-8-3-2-4-9-16)21-19(22)14-18-11-6-12-23-18/h2-13,20H,14H2,1H3,(H,21,22)/t20-/m1/s1. The molecule has 0 unspecified atom stereocenters. The van der Waals surface area contributed by atoms with Crippen molar-refractivity contribution in [2.24, 2.45) is 0 Å². The van der Waals surface area contributed by atoms with E-state index < -0.39 is 0 Å². The van der Waals surface area contributed by atoms with Gasteiger partial charge >= 0.3 is 0 Å². The van der Waals surface area contributed by atoms with Crippen LogP contribution in [0.1, 0.15) is 27.6 Å². The number of aryl methyl sites for hydroxylation is 1. The van der Waals surface area contributed by atoms with Crippen LogP contribution in [0.4, 0.5) is 0 Å². The SMILES string of the molecule is Cc1cccc([C@H](NC(=O)Cc2cccs2)c2ccccc2)c1. The van der Waals surface area contributed by atoms with Crippen molar-refractivity contribution >= 4 is 17.2 Å². The molecule has 1 amide bonds. The molecule has 0 aliphatic carbocycles. The van der Waals surface area contributed by atoms with Crippen LogP contribution in [0, 0.1) is 6.92 Å². The first-order valence-electron chi connectivity index (χ1n) is 7.65. The van der Waals surface area contributed by atoms with E-state index in [4.69, 9.17) is 0 Å². The molecule has 2 aromatic carbocycles. The number of amides is 1. The molecule has 116 valence electrons. The Hall–Kier alpha value is -2.39. The lowest BCUT2D eigenvalue weighted by molar-refractivity contribution is -0.120. The van der Waals surface area contributed by atoms with E-state index in [9.17, 15) is 4.79 Å². The van der Waals surface area contributed by atoms with Gasteiger partial charge in [0.1, 0.15) is 0 Å². The number of carbonyl (C=O) groups excluding carboxylic acids is 1. The number of benzene rings is 2. The Bertz CT molecular complexity index is 765. The van der Waals surface area contributed by atoms with E-state index in [0.29, 0.717) is 6.42 Å². The largest absolute Gasteiger partial charge is 0.345 e. The Balaban J connectivity index is 1.85. The summed E-state index contributed by atoms with van der Waals surface area (Å²) in [5, 5.41) is 5.18. The molecule has 0 fully saturated rings. The molecule has 0 aliphatic heterocycles. The Morgan fingerprint density at radius 1 is 1.00 bits per heavy atom. The molecule has 0 saturated heterocycles. The van der Waals surface area contributed by atoms with Gasteiger partial charge in [-0.05, 0) is 29.5 Å². The molecular formula is C20H19NOS. The average Bonchev–Trinajstić information content (AvgIpc) is 3.06. The molecule has 1 atom stereocenters. The first-order valence-corrected chi connectivity index (χ1v) is 8.53. The molecule has 0 aliphatic rings. The van der Waals surface area contributed by atoms with Crippen LogP contribution in [0.2, 0.25) is 0 Å². The number of thiophene rings is 1. The summed E-state index contributed by atoms with van der Waals surface area (Å²) in [7, 11) is 0. The summed E-state index contributed by atoms with van der Waals surface area (Å²) >= 11 is 1.61. The second kappa shape index (κ2) is 7.25. The van der Waals surface area contributed by atoms with Crippen LogP contribution in [-0.2, 0) is 11.2 Å². The normalized spacial score (nSPS) is 11.9. The number of rotatable bonds is 5. The maximum Gasteiger partial charge on any atom is 0.226 e. The van der Waals surface area contributed by atoms with Gasteiger partial charge in [-0.15, -0.1) is 11.3 Å². The van der Waals surface area contributed by atoms with E-state index in [1.165, 1.54) is 5.56 Å². The van der Waals surface area contributed by atoms with Crippen molar-refractivity contribution in [2.45, 2.75) is 19.4 Å². The topological polar surface area (TPSA) is 29.1 Å². The van der Waals surface area contributed by atoms with Crippen molar-refractivity contribution in [1.29, 1.82) is 0 Å². The summed E-state index contributed by atoms with van der Waals surface area (Å²) < 4.78 is 0. The predicted molar refractivity (Wildman–Crippen MR) is 95.6 cm³/mol. The third kappa shape index (κ3) is 4.08. The molecule has 1 heterocycles. The molecule has 2 nitrogen and oxygen atoms in total. The highest BCUT2D eigenvalue weighted by molar-refractivity contribution is 7.10. The summed E-state index contributed by atoms with van der Waals surface area (Å²) in [6.45, 7) is 2.07. The van der Waals surface area contributed by atoms with Crippen molar-refractivity contribution in [1.82, 2.24) is 5.32 Å². The molecule has 3 aromatic rings. The van der Waals surface area contributed by atoms with Gasteiger partial charge in [0.05, 0.1) is 12.5 Å². The molecule has 1 N–H and O–H groups in total. The smallest absolute Gasteiger partial charge is 0.226 e. The molecule has 23 heavy (non-hydrogen) atoms. The zero-order chi connectivity index (χ0) is 16.1. The van der Waals surface area contributed by atoms with Gasteiger partial charge in [0, 0.05) is 4.88 Å². The molecular weight excluding hydrogens is 302 g/mol. The highest BCUT2D eigenvalue weighted by Crippen LogP contribution is 2.23. The third-order valence-electron chi connectivity index (χ3n) is 3.73. The van der Waals surface area contributed by atoms with E-state index >= 15 is 0 Å². The minimum absolute atomic E-state index is 0.0443. The quantitative estimate of drug-likeness (QED) is 0.736. The summed E-state index contributed by atoms with van der Waals surface area (Å²) in [6, 6.07) is 22.2. The molecule has 3 heteroatoms. The zero-order valence-electron chi connectivity index (χ0n) is 13.0. The van der Waals surface area contributed by atoms with Gasteiger partial charge in [-0.25, -0.2) is 0 Å². The van der Waals surface area contributed by atoms with Crippen LogP contribution in [0.5, 0.6) is 0 Å². The second-order valence-corrected chi connectivity index (χ2v) is 6.61. The van der Waals surface area contributed by atoms with Crippen LogP contribution in [-0.4, -0.2) is 5.91 Å². The Morgan fingerprint density at radius 3 is 2.48 bits per heavy atom. The van der Waals surface area contributed by atoms with E-state index in [1.54, 1.807) is 11.3 Å². The summed E-state index contributed by atoms with van der Waals surface area (Å²) in [4.78, 5) is 13.5. The fourth-order valence-corrected chi connectivity index (χ4v) is 3.34. The van der Waals surface area contributed by atoms with Gasteiger partial charge in [-0.3, -0.25) is 4.79 Å². The molecule has 0 spiro atoms. The van der Waals surface area contributed by atoms with Crippen LogP contribution < -0.4 is 5.32 Å². The molecule has 1 aromatic heterocycles. The van der Waals surface area contributed by atoms with E-state index in [1.807, 2.05) is 41.8 Å². The highest BCUT2D eigenvalue weighted by Gasteiger charge is 2.17. The fraction of sp³-hybridized carbons (Fsp3) is 0.150. The summed E-state index contributed by atoms with van der Waals surface area (Å²) in [5.41, 5.74) is 3.39. The maximum absolute atomic E-state index is 12.4. The monoisotopic (exact) mass is 321 g/mol. The fourth-order valence-electron chi connectivity index (χ4n) is 2.64. The number of nitrogens with one attached hydrogen (secondary N) is 1. The Labute approximate surface area is 140 Å². The second-order valence-electron chi connectivity index (χ2n) is 5.58. The first kappa shape index (κ1) is 15.5. The lowest BCUT2D eigenvalue weighted by Crippen LogP contribution is -2.30. The summed E-state index contributed by atoms with van der Waals surface area (Å²) in [6.07, 6.45) is 0.423. The van der Waals surface area contributed by atoms with E-state index in [-0.39, 0.29) is 11.9 Å². The minimum Gasteiger partial charge on any atom is -0.345 e. The average molecular weight is 321 g/mol. The van der Waals surface area contributed by atoms with Gasteiger partial charge in [0.2, 0.25) is 5.91 Å². The van der Waals surface area contributed by atoms with Gasteiger partial charge in [-0.2, -0.15) is 0 Å². The predicted octanol–water partition coefficient (Wildman–Crippen LogP) is 4.50. The van der Waals surface area contributed by atoms with Crippen molar-refractivity contribution < 1.29 is 4.79 Å². The van der Waals surface area contributed by atoms with E-state index in [2.05, 4.69) is 42.6 Å². The van der Waals surface area contributed by atoms with Crippen molar-refractivity contribution in [3.63, 3.8) is 0 Å². The highest BCUT2D eigenvalue weighted by atomic mass is 32.1. The van der Waals surface area contributed by atoms with Crippen molar-refractivity contribution in [3.8, 4) is 0 Å². The van der Waals surface area contributed by atoms with Gasteiger partial charge < -0.3 is 5.32 Å². The third-order valence-corrected chi connectivity index (χ3v) is 4.60. The van der Waals surface area contributed by atoms with Crippen molar-refractivity contribution in [2.75, 3.05) is 0 Å². The number of hydrogen-bond donors (Lipinski definition) is 1. The number of carbonyl (C=O) groups is 1. The van der Waals surface area contributed by atoms with Crippen LogP contribution in [0.25, 0.3) is 0 Å². The van der Waals surface area contributed by atoms with E-state index in [0.717, 1.165) is 16.0 Å². The minimum atomic E-state index is -0.122. The number of hydrogen-bond acceptors (Lipinski definition) is 2. The Morgan fingerprint density at radius 2 is 1.78 bits per heavy atom. The molecule has 3 rings (SSSR count). The van der Waals surface area contributed by atoms with Crippen LogP contribution in [0.15, 0.2) is 72.1 Å². The Kier molecular flexibility index (Phi) is 4.89. The van der Waals surface area contributed by atoms with Gasteiger partial charge in [0.15, 0.2) is 0 Å². The first-order chi connectivity index (χ1) is 11.2. The van der Waals surface area contributed by atoms with Crippen molar-refractivity contribution in [3.05, 3.63) is 93.7 Å². The van der Waals surface area contributed by atoms with Gasteiger partial charge in [0.25, 0.3) is 0 Å². The lowest BCUT2D eigenvalue weighted by Gasteiger charge is -2.20. The molecule has 0 bridgehead atoms. The molecule has 0 saturated carbocycles. The van der Waals surface area contributed by atoms with Crippen LogP contribution >= 0.6 is 11.3 Å². The summed E-state index contributed by atoms with van der Waals surface area (Å²) in [5.74, 6) is 0.0443. The van der Waals surface area contributed by atoms with Crippen LogP contribution in [0.3, 0.4) is 0 Å². The molecule has 0 radical (unpaired) electrons. The maximum atomic E-state index is 12.4.